The average molecular weight is 394 g/mol. The van der Waals surface area contributed by atoms with Crippen LogP contribution in [0.5, 0.6) is 0 Å². The summed E-state index contributed by atoms with van der Waals surface area (Å²) in [7, 11) is 0. The molecule has 0 aliphatic carbocycles. The molecule has 2 heterocycles. The zero-order chi connectivity index (χ0) is 15.9. The first-order valence-corrected chi connectivity index (χ1v) is 8.58. The molecule has 3 nitrogen and oxygen atoms in total. The monoisotopic (exact) mass is 393 g/mol. The van der Waals surface area contributed by atoms with Gasteiger partial charge in [-0.05, 0) is 59.1 Å². The van der Waals surface area contributed by atoms with Crippen molar-refractivity contribution in [1.82, 2.24) is 0 Å². The van der Waals surface area contributed by atoms with E-state index in [2.05, 4.69) is 15.9 Å². The van der Waals surface area contributed by atoms with Crippen molar-refractivity contribution in [3.05, 3.63) is 56.8 Å². The molecule has 1 saturated heterocycles. The molecule has 3 rings (SSSR count). The second kappa shape index (κ2) is 6.02. The van der Waals surface area contributed by atoms with E-state index >= 15 is 0 Å². The average Bonchev–Trinajstić information content (AvgIpc) is 2.98. The third-order valence-corrected chi connectivity index (χ3v) is 4.99. The van der Waals surface area contributed by atoms with Gasteiger partial charge in [0.05, 0.1) is 10.6 Å². The fourth-order valence-electron chi connectivity index (χ4n) is 2.17. The quantitative estimate of drug-likeness (QED) is 0.526. The van der Waals surface area contributed by atoms with Gasteiger partial charge in [0.2, 0.25) is 0 Å². The topological polar surface area (TPSA) is 33.5 Å². The molecule has 0 spiro atoms. The highest BCUT2D eigenvalue weighted by molar-refractivity contribution is 9.10. The highest BCUT2D eigenvalue weighted by Crippen LogP contribution is 2.37. The lowest BCUT2D eigenvalue weighted by molar-refractivity contribution is -0.113. The van der Waals surface area contributed by atoms with Gasteiger partial charge in [-0.25, -0.2) is 0 Å². The minimum Gasteiger partial charge on any atom is -0.450 e. The fourth-order valence-corrected chi connectivity index (χ4v) is 3.75. The van der Waals surface area contributed by atoms with Crippen LogP contribution in [-0.4, -0.2) is 10.2 Å². The number of amides is 1. The summed E-state index contributed by atoms with van der Waals surface area (Å²) in [6, 6.07) is 9.58. The molecule has 1 aromatic heterocycles. The van der Waals surface area contributed by atoms with Crippen LogP contribution in [0.4, 0.5) is 5.69 Å². The molecule has 0 bridgehead atoms. The Bertz CT molecular complexity index is 810. The van der Waals surface area contributed by atoms with Crippen molar-refractivity contribution in [2.24, 2.45) is 0 Å². The molecule has 6 heteroatoms. The van der Waals surface area contributed by atoms with Gasteiger partial charge in [-0.1, -0.05) is 36.1 Å². The molecule has 0 atom stereocenters. The van der Waals surface area contributed by atoms with Crippen LogP contribution in [0.25, 0.3) is 6.08 Å². The van der Waals surface area contributed by atoms with Crippen molar-refractivity contribution in [3.63, 3.8) is 0 Å². The number of halogens is 1. The maximum Gasteiger partial charge on any atom is 0.270 e. The number of carbonyl (C=O) groups excluding carboxylic acids is 1. The van der Waals surface area contributed by atoms with E-state index in [-0.39, 0.29) is 5.91 Å². The summed E-state index contributed by atoms with van der Waals surface area (Å²) in [6.45, 7) is 3.97. The second-order valence-corrected chi connectivity index (χ2v) is 7.41. The number of carbonyl (C=O) groups is 1. The van der Waals surface area contributed by atoms with E-state index in [0.29, 0.717) is 19.7 Å². The lowest BCUT2D eigenvalue weighted by Gasteiger charge is -2.17. The predicted molar refractivity (Wildman–Crippen MR) is 98.0 cm³/mol. The van der Waals surface area contributed by atoms with E-state index in [0.717, 1.165) is 16.8 Å². The minimum absolute atomic E-state index is 0.115. The molecule has 0 unspecified atom stereocenters. The molecular formula is C16H12BrNO2S2. The Hall–Kier alpha value is -1.37. The van der Waals surface area contributed by atoms with Gasteiger partial charge >= 0.3 is 0 Å². The van der Waals surface area contributed by atoms with Crippen molar-refractivity contribution in [2.45, 2.75) is 13.8 Å². The highest BCUT2D eigenvalue weighted by atomic mass is 79.9. The maximum absolute atomic E-state index is 12.7. The number of hydrogen-bond donors (Lipinski definition) is 0. The van der Waals surface area contributed by atoms with E-state index in [1.54, 1.807) is 23.1 Å². The Morgan fingerprint density at radius 2 is 2.05 bits per heavy atom. The molecule has 0 saturated carbocycles. The molecule has 1 fully saturated rings. The van der Waals surface area contributed by atoms with Gasteiger partial charge in [0.1, 0.15) is 5.76 Å². The molecule has 0 radical (unpaired) electrons. The molecule has 0 N–H and O–H groups in total. The standard InChI is InChI=1S/C16H12BrNO2S2/c1-9-3-4-10(2)12(7-9)18-15(19)13(22-16(18)21)8-11-5-6-14(17)20-11/h3-8H,1-2H3. The first-order valence-electron chi connectivity index (χ1n) is 6.56. The smallest absolute Gasteiger partial charge is 0.270 e. The van der Waals surface area contributed by atoms with Gasteiger partial charge < -0.3 is 4.42 Å². The number of rotatable bonds is 2. The van der Waals surface area contributed by atoms with Gasteiger partial charge in [0.15, 0.2) is 8.99 Å². The van der Waals surface area contributed by atoms with E-state index in [9.17, 15) is 4.79 Å². The van der Waals surface area contributed by atoms with Crippen LogP contribution in [0, 0.1) is 13.8 Å². The Kier molecular flexibility index (Phi) is 4.25. The maximum atomic E-state index is 12.7. The Morgan fingerprint density at radius 3 is 2.73 bits per heavy atom. The first-order chi connectivity index (χ1) is 10.5. The third-order valence-electron chi connectivity index (χ3n) is 3.27. The van der Waals surface area contributed by atoms with Crippen molar-refractivity contribution >= 4 is 61.9 Å². The van der Waals surface area contributed by atoms with E-state index < -0.39 is 0 Å². The van der Waals surface area contributed by atoms with E-state index in [4.69, 9.17) is 16.6 Å². The van der Waals surface area contributed by atoms with Gasteiger partial charge in [-0.15, -0.1) is 0 Å². The number of thiocarbonyl (C=S) groups is 1. The second-order valence-electron chi connectivity index (χ2n) is 4.95. The Morgan fingerprint density at radius 1 is 1.27 bits per heavy atom. The molecule has 1 aromatic carbocycles. The van der Waals surface area contributed by atoms with E-state index in [1.165, 1.54) is 11.8 Å². The molecule has 22 heavy (non-hydrogen) atoms. The largest absolute Gasteiger partial charge is 0.450 e. The summed E-state index contributed by atoms with van der Waals surface area (Å²) in [5.74, 6) is 0.504. The van der Waals surface area contributed by atoms with Gasteiger partial charge in [0, 0.05) is 6.08 Å². The molecular weight excluding hydrogens is 382 g/mol. The van der Waals surface area contributed by atoms with Gasteiger partial charge in [0.25, 0.3) is 5.91 Å². The number of hydrogen-bond acceptors (Lipinski definition) is 4. The van der Waals surface area contributed by atoms with Crippen LogP contribution in [-0.2, 0) is 4.79 Å². The normalized spacial score (nSPS) is 16.9. The van der Waals surface area contributed by atoms with Crippen molar-refractivity contribution < 1.29 is 9.21 Å². The summed E-state index contributed by atoms with van der Waals surface area (Å²) in [6.07, 6.45) is 1.72. The van der Waals surface area contributed by atoms with Gasteiger partial charge in [-0.2, -0.15) is 0 Å². The first kappa shape index (κ1) is 15.5. The van der Waals surface area contributed by atoms with Crippen molar-refractivity contribution in [1.29, 1.82) is 0 Å². The lowest BCUT2D eigenvalue weighted by atomic mass is 10.1. The number of furan rings is 1. The molecule has 2 aromatic rings. The Labute approximate surface area is 146 Å². The van der Waals surface area contributed by atoms with Crippen LogP contribution < -0.4 is 4.90 Å². The van der Waals surface area contributed by atoms with Crippen molar-refractivity contribution in [2.75, 3.05) is 4.90 Å². The molecule has 1 amide bonds. The number of nitrogens with zero attached hydrogens (tertiary/aromatic N) is 1. The van der Waals surface area contributed by atoms with Crippen LogP contribution in [0.1, 0.15) is 16.9 Å². The lowest BCUT2D eigenvalue weighted by Crippen LogP contribution is -2.28. The predicted octanol–water partition coefficient (Wildman–Crippen LogP) is 5.06. The summed E-state index contributed by atoms with van der Waals surface area (Å²) in [4.78, 5) is 14.8. The molecule has 1 aliphatic rings. The van der Waals surface area contributed by atoms with Gasteiger partial charge in [-0.3, -0.25) is 9.69 Å². The number of anilines is 1. The summed E-state index contributed by atoms with van der Waals surface area (Å²) in [5, 5.41) is 0. The van der Waals surface area contributed by atoms with Crippen molar-refractivity contribution in [3.8, 4) is 0 Å². The third kappa shape index (κ3) is 2.91. The summed E-state index contributed by atoms with van der Waals surface area (Å²) < 4.78 is 6.59. The van der Waals surface area contributed by atoms with Crippen LogP contribution in [0.15, 0.2) is 44.3 Å². The van der Waals surface area contributed by atoms with Crippen LogP contribution >= 0.6 is 39.9 Å². The molecule has 112 valence electrons. The Balaban J connectivity index is 1.98. The van der Waals surface area contributed by atoms with Crippen LogP contribution in [0.3, 0.4) is 0 Å². The minimum atomic E-state index is -0.115. The molecule has 1 aliphatic heterocycles. The fraction of sp³-hybridized carbons (Fsp3) is 0.125. The SMILES string of the molecule is Cc1ccc(C)c(N2C(=O)C(=Cc3ccc(Br)o3)SC2=S)c1. The number of thioether (sulfide) groups is 1. The number of aryl methyl sites for hydroxylation is 2. The highest BCUT2D eigenvalue weighted by Gasteiger charge is 2.34. The zero-order valence-electron chi connectivity index (χ0n) is 11.9. The summed E-state index contributed by atoms with van der Waals surface area (Å²) >= 11 is 9.93. The summed E-state index contributed by atoms with van der Waals surface area (Å²) in [5.41, 5.74) is 2.95. The van der Waals surface area contributed by atoms with E-state index in [1.807, 2.05) is 32.0 Å². The number of benzene rings is 1. The van der Waals surface area contributed by atoms with Crippen LogP contribution in [0.2, 0.25) is 0 Å². The zero-order valence-corrected chi connectivity index (χ0v) is 15.1.